The van der Waals surface area contributed by atoms with Gasteiger partial charge in [-0.15, -0.1) is 0 Å². The van der Waals surface area contributed by atoms with Crippen LogP contribution in [0.15, 0.2) is 0 Å². The molecule has 0 heterocycles. The van der Waals surface area contributed by atoms with Crippen LogP contribution in [0.5, 0.6) is 0 Å². The standard InChI is InChI=1S/C13H28O4/c1-4-7-8-9-10-11-12-13(5-2,6-3)15-17-16-14/h14H,4-12H2,1-3H3. The van der Waals surface area contributed by atoms with Crippen molar-refractivity contribution in [2.24, 2.45) is 0 Å². The number of unbranched alkanes of at least 4 members (excludes halogenated alkanes) is 5. The molecule has 0 rings (SSSR count). The van der Waals surface area contributed by atoms with Gasteiger partial charge in [-0.2, -0.15) is 4.89 Å². The Morgan fingerprint density at radius 3 is 2.00 bits per heavy atom. The van der Waals surface area contributed by atoms with E-state index in [9.17, 15) is 0 Å². The minimum atomic E-state index is -0.326. The summed E-state index contributed by atoms with van der Waals surface area (Å²) in [5.74, 6) is 0. The molecule has 0 atom stereocenters. The van der Waals surface area contributed by atoms with E-state index in [0.29, 0.717) is 0 Å². The molecule has 0 aromatic carbocycles. The van der Waals surface area contributed by atoms with Crippen LogP contribution in [0.2, 0.25) is 0 Å². The predicted molar refractivity (Wildman–Crippen MR) is 67.2 cm³/mol. The third-order valence-electron chi connectivity index (χ3n) is 3.52. The summed E-state index contributed by atoms with van der Waals surface area (Å²) < 4.78 is 0. The van der Waals surface area contributed by atoms with E-state index in [-0.39, 0.29) is 5.60 Å². The minimum absolute atomic E-state index is 0.326. The van der Waals surface area contributed by atoms with Crippen LogP contribution in [0, 0.1) is 0 Å². The quantitative estimate of drug-likeness (QED) is 0.310. The van der Waals surface area contributed by atoms with Gasteiger partial charge in [-0.1, -0.05) is 59.3 Å². The molecule has 0 aromatic rings. The monoisotopic (exact) mass is 248 g/mol. The maximum Gasteiger partial charge on any atom is 0.106 e. The normalized spacial score (nSPS) is 12.0. The summed E-state index contributed by atoms with van der Waals surface area (Å²) in [6.07, 6.45) is 10.2. The van der Waals surface area contributed by atoms with Crippen molar-refractivity contribution in [1.29, 1.82) is 0 Å². The Bertz CT molecular complexity index is 157. The summed E-state index contributed by atoms with van der Waals surface area (Å²) in [5, 5.41) is 15.9. The first-order valence-electron chi connectivity index (χ1n) is 6.90. The molecule has 104 valence electrons. The maximum atomic E-state index is 8.14. The van der Waals surface area contributed by atoms with Gasteiger partial charge < -0.3 is 0 Å². The molecule has 0 saturated heterocycles. The highest BCUT2D eigenvalue weighted by Gasteiger charge is 2.28. The summed E-state index contributed by atoms with van der Waals surface area (Å²) in [7, 11) is 0. The van der Waals surface area contributed by atoms with Crippen LogP contribution >= 0.6 is 0 Å². The lowest BCUT2D eigenvalue weighted by Crippen LogP contribution is -2.31. The first-order valence-corrected chi connectivity index (χ1v) is 6.90. The summed E-state index contributed by atoms with van der Waals surface area (Å²) in [6.45, 7) is 6.34. The van der Waals surface area contributed by atoms with Crippen molar-refractivity contribution in [3.8, 4) is 0 Å². The molecule has 0 spiro atoms. The number of rotatable bonds is 12. The fraction of sp³-hybridized carbons (Fsp3) is 1.00. The van der Waals surface area contributed by atoms with Crippen molar-refractivity contribution < 1.29 is 20.2 Å². The van der Waals surface area contributed by atoms with E-state index < -0.39 is 0 Å². The van der Waals surface area contributed by atoms with Crippen LogP contribution < -0.4 is 0 Å². The molecule has 4 nitrogen and oxygen atoms in total. The summed E-state index contributed by atoms with van der Waals surface area (Å²) in [5.41, 5.74) is -0.326. The molecular weight excluding hydrogens is 220 g/mol. The van der Waals surface area contributed by atoms with E-state index in [4.69, 9.17) is 10.1 Å². The van der Waals surface area contributed by atoms with Crippen LogP contribution in [0.4, 0.5) is 0 Å². The first kappa shape index (κ1) is 16.8. The molecule has 0 aromatic heterocycles. The van der Waals surface area contributed by atoms with Crippen LogP contribution in [0.1, 0.15) is 78.6 Å². The first-order chi connectivity index (χ1) is 8.24. The van der Waals surface area contributed by atoms with E-state index in [2.05, 4.69) is 30.8 Å². The van der Waals surface area contributed by atoms with Gasteiger partial charge >= 0.3 is 0 Å². The van der Waals surface area contributed by atoms with Crippen LogP contribution in [-0.2, 0) is 15.0 Å². The van der Waals surface area contributed by atoms with Gasteiger partial charge in [0.25, 0.3) is 0 Å². The van der Waals surface area contributed by atoms with Gasteiger partial charge in [0.05, 0.1) is 0 Å². The second-order valence-electron chi connectivity index (χ2n) is 4.63. The van der Waals surface area contributed by atoms with Crippen molar-refractivity contribution in [3.05, 3.63) is 0 Å². The van der Waals surface area contributed by atoms with Gasteiger partial charge in [0.2, 0.25) is 0 Å². The van der Waals surface area contributed by atoms with Gasteiger partial charge in [-0.25, -0.2) is 5.26 Å². The summed E-state index contributed by atoms with van der Waals surface area (Å²) in [6, 6.07) is 0. The van der Waals surface area contributed by atoms with Gasteiger partial charge in [-0.05, 0) is 29.3 Å². The topological polar surface area (TPSA) is 47.9 Å². The molecule has 0 amide bonds. The Labute approximate surface area is 105 Å². The van der Waals surface area contributed by atoms with Crippen LogP contribution in [0.3, 0.4) is 0 Å². The largest absolute Gasteiger partial charge is 0.219 e. The van der Waals surface area contributed by atoms with Crippen molar-refractivity contribution in [3.63, 3.8) is 0 Å². The van der Waals surface area contributed by atoms with Crippen molar-refractivity contribution in [2.45, 2.75) is 84.2 Å². The Morgan fingerprint density at radius 2 is 1.47 bits per heavy atom. The summed E-state index contributed by atoms with van der Waals surface area (Å²) in [4.78, 5) is 5.13. The Hall–Kier alpha value is -0.160. The molecule has 0 aliphatic heterocycles. The van der Waals surface area contributed by atoms with E-state index in [1.54, 1.807) is 0 Å². The smallest absolute Gasteiger partial charge is 0.106 e. The zero-order chi connectivity index (χ0) is 13.0. The average molecular weight is 248 g/mol. The minimum Gasteiger partial charge on any atom is -0.219 e. The Morgan fingerprint density at radius 1 is 0.882 bits per heavy atom. The van der Waals surface area contributed by atoms with Gasteiger partial charge in [0.1, 0.15) is 5.60 Å². The van der Waals surface area contributed by atoms with Crippen molar-refractivity contribution >= 4 is 0 Å². The molecule has 1 N–H and O–H groups in total. The fourth-order valence-electron chi connectivity index (χ4n) is 2.08. The Balaban J connectivity index is 3.75. The molecule has 0 saturated carbocycles. The molecule has 17 heavy (non-hydrogen) atoms. The van der Waals surface area contributed by atoms with Crippen molar-refractivity contribution in [1.82, 2.24) is 0 Å². The predicted octanol–water partition coefficient (Wildman–Crippen LogP) is 4.65. The van der Waals surface area contributed by atoms with E-state index in [0.717, 1.165) is 25.7 Å². The zero-order valence-electron chi connectivity index (χ0n) is 11.5. The van der Waals surface area contributed by atoms with Crippen molar-refractivity contribution in [2.75, 3.05) is 0 Å². The average Bonchev–Trinajstić information content (AvgIpc) is 2.38. The molecular formula is C13H28O4. The molecule has 4 heteroatoms. The second-order valence-corrected chi connectivity index (χ2v) is 4.63. The summed E-state index contributed by atoms with van der Waals surface area (Å²) >= 11 is 0. The third-order valence-corrected chi connectivity index (χ3v) is 3.52. The number of hydrogen-bond acceptors (Lipinski definition) is 4. The second kappa shape index (κ2) is 11.0. The lowest BCUT2D eigenvalue weighted by molar-refractivity contribution is -0.642. The maximum absolute atomic E-state index is 8.14. The molecule has 0 bridgehead atoms. The highest BCUT2D eigenvalue weighted by molar-refractivity contribution is 4.75. The number of hydrogen-bond donors (Lipinski definition) is 1. The molecule has 0 fully saturated rings. The van der Waals surface area contributed by atoms with Gasteiger partial charge in [0.15, 0.2) is 0 Å². The highest BCUT2D eigenvalue weighted by atomic mass is 17.6. The Kier molecular flexibility index (Phi) is 10.9. The van der Waals surface area contributed by atoms with Gasteiger partial charge in [-0.3, -0.25) is 0 Å². The lowest BCUT2D eigenvalue weighted by Gasteiger charge is -2.28. The van der Waals surface area contributed by atoms with Crippen LogP contribution in [-0.4, -0.2) is 10.9 Å². The SMILES string of the molecule is CCCCCCCCC(CC)(CC)OOOO. The lowest BCUT2D eigenvalue weighted by atomic mass is 9.90. The van der Waals surface area contributed by atoms with Gasteiger partial charge in [0, 0.05) is 0 Å². The zero-order valence-corrected chi connectivity index (χ0v) is 11.5. The van der Waals surface area contributed by atoms with E-state index in [1.165, 1.54) is 32.1 Å². The van der Waals surface area contributed by atoms with Crippen LogP contribution in [0.25, 0.3) is 0 Å². The highest BCUT2D eigenvalue weighted by Crippen LogP contribution is 2.28. The molecule has 0 radical (unpaired) electrons. The molecule has 0 aliphatic carbocycles. The third kappa shape index (κ3) is 7.71. The van der Waals surface area contributed by atoms with E-state index in [1.807, 2.05) is 0 Å². The molecule has 0 unspecified atom stereocenters. The fourth-order valence-corrected chi connectivity index (χ4v) is 2.08. The molecule has 0 aliphatic rings. The van der Waals surface area contributed by atoms with E-state index >= 15 is 0 Å².